The lowest BCUT2D eigenvalue weighted by Crippen LogP contribution is -2.61. The van der Waals surface area contributed by atoms with Crippen LogP contribution in [0.4, 0.5) is 0 Å². The fraction of sp³-hybridized carbons (Fsp3) is 0.462. The second-order valence-electron chi connectivity index (χ2n) is 12.5. The average molecular weight is 723 g/mol. The molecule has 52 heavy (non-hydrogen) atoms. The van der Waals surface area contributed by atoms with Crippen molar-refractivity contribution in [2.24, 2.45) is 0 Å². The van der Waals surface area contributed by atoms with Crippen LogP contribution in [0.2, 0.25) is 0 Å². The Kier molecular flexibility index (Phi) is 14.7. The van der Waals surface area contributed by atoms with Gasteiger partial charge in [0, 0.05) is 27.2 Å². The fourth-order valence-corrected chi connectivity index (χ4v) is 6.10. The van der Waals surface area contributed by atoms with E-state index in [1.165, 1.54) is 20.8 Å². The van der Waals surface area contributed by atoms with Gasteiger partial charge in [0.2, 0.25) is 0 Å². The zero-order valence-electron chi connectivity index (χ0n) is 29.4. The van der Waals surface area contributed by atoms with Crippen molar-refractivity contribution in [3.05, 3.63) is 108 Å². The molecule has 0 aromatic heterocycles. The fourth-order valence-electron chi connectivity index (χ4n) is 6.10. The molecule has 2 fully saturated rings. The highest BCUT2D eigenvalue weighted by Crippen LogP contribution is 2.32. The Morgan fingerprint density at radius 3 is 1.56 bits per heavy atom. The normalized spacial score (nSPS) is 27.3. The Morgan fingerprint density at radius 2 is 1.06 bits per heavy atom. The summed E-state index contributed by atoms with van der Waals surface area (Å²) in [5.74, 6) is -1.82. The Labute approximate surface area is 302 Å². The van der Waals surface area contributed by atoms with Crippen molar-refractivity contribution in [2.75, 3.05) is 13.2 Å². The lowest BCUT2D eigenvalue weighted by atomic mass is 9.97. The van der Waals surface area contributed by atoms with E-state index in [0.29, 0.717) is 0 Å². The van der Waals surface area contributed by atoms with Crippen LogP contribution in [-0.4, -0.2) is 91.5 Å². The average Bonchev–Trinajstić information content (AvgIpc) is 3.13. The highest BCUT2D eigenvalue weighted by molar-refractivity contribution is 5.67. The molecule has 13 nitrogen and oxygen atoms in total. The highest BCUT2D eigenvalue weighted by Gasteiger charge is 2.49. The summed E-state index contributed by atoms with van der Waals surface area (Å²) >= 11 is 0. The number of hydrogen-bond donors (Lipinski definition) is 1. The molecular weight excluding hydrogens is 676 g/mol. The van der Waals surface area contributed by atoms with E-state index in [2.05, 4.69) is 0 Å². The molecule has 5 rings (SSSR count). The van der Waals surface area contributed by atoms with Crippen molar-refractivity contribution < 1.29 is 62.1 Å². The molecule has 0 saturated carbocycles. The summed E-state index contributed by atoms with van der Waals surface area (Å²) in [7, 11) is 0. The molecule has 280 valence electrons. The minimum Gasteiger partial charge on any atom is -0.463 e. The molecule has 3 aromatic carbocycles. The van der Waals surface area contributed by atoms with Crippen LogP contribution in [0.15, 0.2) is 91.0 Å². The van der Waals surface area contributed by atoms with Gasteiger partial charge in [-0.1, -0.05) is 91.0 Å². The molecule has 0 unspecified atom stereocenters. The smallest absolute Gasteiger partial charge is 0.303 e. The first kappa shape index (κ1) is 39.0. The largest absolute Gasteiger partial charge is 0.463 e. The predicted octanol–water partition coefficient (Wildman–Crippen LogP) is 4.02. The molecule has 2 heterocycles. The van der Waals surface area contributed by atoms with Crippen LogP contribution in [0.3, 0.4) is 0 Å². The minimum absolute atomic E-state index is 0.0182. The molecule has 2 saturated heterocycles. The van der Waals surface area contributed by atoms with Gasteiger partial charge in [0.15, 0.2) is 18.7 Å². The third-order valence-corrected chi connectivity index (χ3v) is 8.47. The first-order valence-corrected chi connectivity index (χ1v) is 17.2. The van der Waals surface area contributed by atoms with E-state index in [0.717, 1.165) is 16.7 Å². The number of ether oxygens (including phenoxy) is 9. The van der Waals surface area contributed by atoms with Crippen LogP contribution < -0.4 is 0 Å². The third-order valence-electron chi connectivity index (χ3n) is 8.47. The number of benzene rings is 3. The van der Waals surface area contributed by atoms with Crippen LogP contribution in [0.1, 0.15) is 43.9 Å². The lowest BCUT2D eigenvalue weighted by molar-refractivity contribution is -0.328. The maximum atomic E-state index is 12.1. The molecule has 0 aliphatic carbocycles. The molecular formula is C39H46O13. The van der Waals surface area contributed by atoms with E-state index >= 15 is 0 Å². The van der Waals surface area contributed by atoms with Gasteiger partial charge in [-0.3, -0.25) is 14.4 Å². The Hall–Kier alpha value is -4.21. The van der Waals surface area contributed by atoms with Crippen molar-refractivity contribution in [1.29, 1.82) is 0 Å². The predicted molar refractivity (Wildman–Crippen MR) is 183 cm³/mol. The number of carbonyl (C=O) groups is 3. The second-order valence-corrected chi connectivity index (χ2v) is 12.5. The SMILES string of the molecule is CC(=O)OC[C@H]1O[C@H](OC[C@H]2O[C@H](O)[C@H](OCc3ccccc3)[C@@H](OCc3ccccc3)[C@@H]2OCc2ccccc2)C[C@@H](OC(C)=O)[C@H]1OC(C)=O. The van der Waals surface area contributed by atoms with Crippen LogP contribution in [0.5, 0.6) is 0 Å². The van der Waals surface area contributed by atoms with Crippen LogP contribution >= 0.6 is 0 Å². The van der Waals surface area contributed by atoms with Gasteiger partial charge in [-0.05, 0) is 16.7 Å². The van der Waals surface area contributed by atoms with Gasteiger partial charge >= 0.3 is 17.9 Å². The molecule has 0 spiro atoms. The summed E-state index contributed by atoms with van der Waals surface area (Å²) in [6.45, 7) is 3.81. The van der Waals surface area contributed by atoms with Gasteiger partial charge in [-0.15, -0.1) is 0 Å². The maximum absolute atomic E-state index is 12.1. The van der Waals surface area contributed by atoms with E-state index < -0.39 is 73.2 Å². The molecule has 0 bridgehead atoms. The number of hydrogen-bond acceptors (Lipinski definition) is 13. The zero-order valence-corrected chi connectivity index (χ0v) is 29.4. The summed E-state index contributed by atoms with van der Waals surface area (Å²) in [6, 6.07) is 28.8. The topological polar surface area (TPSA) is 155 Å². The van der Waals surface area contributed by atoms with Crippen molar-refractivity contribution in [1.82, 2.24) is 0 Å². The van der Waals surface area contributed by atoms with Crippen LogP contribution in [0, 0.1) is 0 Å². The lowest BCUT2D eigenvalue weighted by Gasteiger charge is -2.45. The zero-order chi connectivity index (χ0) is 36.9. The van der Waals surface area contributed by atoms with E-state index in [1.807, 2.05) is 91.0 Å². The standard InChI is InChI=1S/C39H46O13/c1-25(40)44-23-32-35(50-27(3)42)31(49-26(2)41)19-34(51-32)45-24-33-36(46-20-28-13-7-4-8-14-28)37(47-21-29-15-9-5-10-16-29)38(39(43)52-33)48-22-30-17-11-6-12-18-30/h4-18,31-39,43H,19-24H2,1-3H3/t31-,32-,33-,34+,35-,36-,37+,38-,39+/m1/s1. The Morgan fingerprint density at radius 1 is 0.577 bits per heavy atom. The maximum Gasteiger partial charge on any atom is 0.303 e. The monoisotopic (exact) mass is 722 g/mol. The first-order chi connectivity index (χ1) is 25.2. The molecule has 2 aliphatic heterocycles. The Bertz CT molecular complexity index is 1540. The van der Waals surface area contributed by atoms with E-state index in [1.54, 1.807) is 0 Å². The van der Waals surface area contributed by atoms with Crippen molar-refractivity contribution in [3.63, 3.8) is 0 Å². The summed E-state index contributed by atoms with van der Waals surface area (Å²) in [5, 5.41) is 11.4. The van der Waals surface area contributed by atoms with Gasteiger partial charge in [0.25, 0.3) is 0 Å². The molecule has 3 aromatic rings. The van der Waals surface area contributed by atoms with E-state index in [4.69, 9.17) is 42.6 Å². The van der Waals surface area contributed by atoms with Crippen molar-refractivity contribution >= 4 is 17.9 Å². The highest BCUT2D eigenvalue weighted by atomic mass is 16.7. The van der Waals surface area contributed by atoms with Gasteiger partial charge in [0.1, 0.15) is 43.2 Å². The van der Waals surface area contributed by atoms with Gasteiger partial charge in [-0.25, -0.2) is 0 Å². The Balaban J connectivity index is 1.38. The van der Waals surface area contributed by atoms with Crippen molar-refractivity contribution in [3.8, 4) is 0 Å². The number of aliphatic hydroxyl groups excluding tert-OH is 1. The van der Waals surface area contributed by atoms with E-state index in [-0.39, 0.29) is 39.5 Å². The molecule has 13 heteroatoms. The molecule has 0 amide bonds. The third kappa shape index (κ3) is 11.7. The van der Waals surface area contributed by atoms with Gasteiger partial charge < -0.3 is 47.7 Å². The summed E-state index contributed by atoms with van der Waals surface area (Å²) in [4.78, 5) is 35.7. The summed E-state index contributed by atoms with van der Waals surface area (Å²) in [6.07, 6.45) is -9.00. The minimum atomic E-state index is -1.43. The van der Waals surface area contributed by atoms with Crippen LogP contribution in [0.25, 0.3) is 0 Å². The number of aliphatic hydroxyl groups is 1. The second kappa shape index (κ2) is 19.6. The molecule has 2 aliphatic rings. The van der Waals surface area contributed by atoms with Gasteiger partial charge in [-0.2, -0.15) is 0 Å². The molecule has 9 atom stereocenters. The van der Waals surface area contributed by atoms with Gasteiger partial charge in [0.05, 0.1) is 26.4 Å². The van der Waals surface area contributed by atoms with E-state index in [9.17, 15) is 19.5 Å². The number of esters is 3. The molecule has 0 radical (unpaired) electrons. The summed E-state index contributed by atoms with van der Waals surface area (Å²) in [5.41, 5.74) is 2.71. The van der Waals surface area contributed by atoms with Crippen molar-refractivity contribution in [2.45, 2.75) is 102 Å². The number of rotatable bonds is 16. The summed E-state index contributed by atoms with van der Waals surface area (Å²) < 4.78 is 53.9. The number of carbonyl (C=O) groups excluding carboxylic acids is 3. The quantitative estimate of drug-likeness (QED) is 0.167. The van der Waals surface area contributed by atoms with Crippen LogP contribution in [-0.2, 0) is 76.8 Å². The first-order valence-electron chi connectivity index (χ1n) is 17.2. The molecule has 1 N–H and O–H groups in total.